The molecule has 0 fully saturated rings. The Kier molecular flexibility index (Phi) is 2.97. The van der Waals surface area contributed by atoms with Crippen LogP contribution in [0.3, 0.4) is 0 Å². The van der Waals surface area contributed by atoms with E-state index in [0.29, 0.717) is 12.5 Å². The lowest BCUT2D eigenvalue weighted by atomic mass is 10.1. The van der Waals surface area contributed by atoms with Crippen LogP contribution in [-0.4, -0.2) is 24.1 Å². The van der Waals surface area contributed by atoms with Crippen molar-refractivity contribution in [3.8, 4) is 5.75 Å². The maximum absolute atomic E-state index is 5.65. The smallest absolute Gasteiger partial charge is 0.157 e. The van der Waals surface area contributed by atoms with Crippen LogP contribution in [0.1, 0.15) is 18.5 Å². The topological polar surface area (TPSA) is 33.6 Å². The number of amidine groups is 1. The summed E-state index contributed by atoms with van der Waals surface area (Å²) in [5.74, 6) is 2.85. The van der Waals surface area contributed by atoms with Crippen LogP contribution in [0, 0.1) is 5.92 Å². The first-order valence-electron chi connectivity index (χ1n) is 5.98. The van der Waals surface area contributed by atoms with E-state index in [4.69, 9.17) is 4.74 Å². The van der Waals surface area contributed by atoms with Gasteiger partial charge in [0, 0.05) is 17.9 Å². The predicted octanol–water partition coefficient (Wildman–Crippen LogP) is 2.45. The minimum Gasteiger partial charge on any atom is -0.491 e. The molecule has 1 aromatic carbocycles. The van der Waals surface area contributed by atoms with E-state index in [1.807, 2.05) is 23.9 Å². The van der Waals surface area contributed by atoms with E-state index in [0.717, 1.165) is 23.2 Å². The minimum atomic E-state index is 0.255. The second-order valence-electron chi connectivity index (χ2n) is 4.61. The molecule has 0 bridgehead atoms. The molecule has 17 heavy (non-hydrogen) atoms. The van der Waals surface area contributed by atoms with E-state index in [-0.39, 0.29) is 6.04 Å². The van der Waals surface area contributed by atoms with Gasteiger partial charge in [-0.1, -0.05) is 36.9 Å². The van der Waals surface area contributed by atoms with Crippen LogP contribution in [0.5, 0.6) is 5.75 Å². The largest absolute Gasteiger partial charge is 0.491 e. The van der Waals surface area contributed by atoms with Gasteiger partial charge in [-0.25, -0.2) is 0 Å². The fourth-order valence-corrected chi connectivity index (χ4v) is 3.02. The first-order valence-corrected chi connectivity index (χ1v) is 6.97. The average Bonchev–Trinajstić information content (AvgIpc) is 2.76. The summed E-state index contributed by atoms with van der Waals surface area (Å²) >= 11 is 1.82. The van der Waals surface area contributed by atoms with Gasteiger partial charge in [0.05, 0.1) is 6.04 Å². The Balaban J connectivity index is 1.71. The quantitative estimate of drug-likeness (QED) is 0.829. The van der Waals surface area contributed by atoms with Gasteiger partial charge in [0.1, 0.15) is 12.4 Å². The molecular weight excluding hydrogens is 232 g/mol. The minimum absolute atomic E-state index is 0.255. The molecule has 2 atom stereocenters. The molecule has 2 aliphatic rings. The van der Waals surface area contributed by atoms with Gasteiger partial charge in [0.15, 0.2) is 5.17 Å². The number of thioether (sulfide) groups is 1. The zero-order valence-electron chi connectivity index (χ0n) is 9.85. The molecule has 3 nitrogen and oxygen atoms in total. The maximum Gasteiger partial charge on any atom is 0.157 e. The molecule has 0 radical (unpaired) electrons. The van der Waals surface area contributed by atoms with Gasteiger partial charge in [-0.2, -0.15) is 0 Å². The molecule has 90 valence electrons. The van der Waals surface area contributed by atoms with Gasteiger partial charge < -0.3 is 10.1 Å². The molecule has 1 N–H and O–H groups in total. The lowest BCUT2D eigenvalue weighted by Gasteiger charge is -2.20. The van der Waals surface area contributed by atoms with Crippen LogP contribution in [0.4, 0.5) is 0 Å². The zero-order valence-corrected chi connectivity index (χ0v) is 10.7. The molecule has 0 saturated carbocycles. The normalized spacial score (nSPS) is 27.0. The van der Waals surface area contributed by atoms with Crippen molar-refractivity contribution in [3.05, 3.63) is 29.8 Å². The lowest BCUT2D eigenvalue weighted by molar-refractivity contribution is 0.325. The number of nitrogens with zero attached hydrogens (tertiary/aromatic N) is 1. The van der Waals surface area contributed by atoms with E-state index in [1.54, 1.807) is 0 Å². The highest BCUT2D eigenvalue weighted by Crippen LogP contribution is 2.32. The second-order valence-corrected chi connectivity index (χ2v) is 5.62. The average molecular weight is 248 g/mol. The van der Waals surface area contributed by atoms with Crippen molar-refractivity contribution in [1.82, 2.24) is 5.32 Å². The monoisotopic (exact) mass is 248 g/mol. The Labute approximate surface area is 106 Å². The standard InChI is InChI=1S/C13H16N2OS/c1-9-6-14-13(17-8-9)15-11-7-16-12-5-3-2-4-10(11)12/h2-5,9,11H,6-8H2,1H3,(H,14,15). The van der Waals surface area contributed by atoms with Crippen LogP contribution in [-0.2, 0) is 0 Å². The van der Waals surface area contributed by atoms with Crippen LogP contribution in [0.25, 0.3) is 0 Å². The summed E-state index contributed by atoms with van der Waals surface area (Å²) in [6, 6.07) is 8.47. The molecule has 3 rings (SSSR count). The lowest BCUT2D eigenvalue weighted by Crippen LogP contribution is -2.30. The van der Waals surface area contributed by atoms with Gasteiger partial charge >= 0.3 is 0 Å². The van der Waals surface area contributed by atoms with Gasteiger partial charge in [0.25, 0.3) is 0 Å². The van der Waals surface area contributed by atoms with Crippen molar-refractivity contribution >= 4 is 16.9 Å². The van der Waals surface area contributed by atoms with Crippen LogP contribution >= 0.6 is 11.8 Å². The highest BCUT2D eigenvalue weighted by Gasteiger charge is 2.25. The van der Waals surface area contributed by atoms with Crippen LogP contribution < -0.4 is 10.1 Å². The van der Waals surface area contributed by atoms with Crippen molar-refractivity contribution in [3.63, 3.8) is 0 Å². The summed E-state index contributed by atoms with van der Waals surface area (Å²) in [5, 5.41) is 4.55. The molecular formula is C13H16N2OS. The van der Waals surface area contributed by atoms with Crippen molar-refractivity contribution in [2.75, 3.05) is 18.9 Å². The number of para-hydroxylation sites is 1. The first kappa shape index (κ1) is 11.0. The summed E-state index contributed by atoms with van der Waals surface area (Å²) in [5.41, 5.74) is 1.24. The van der Waals surface area contributed by atoms with Crippen molar-refractivity contribution in [2.24, 2.45) is 10.9 Å². The number of hydrogen-bond acceptors (Lipinski definition) is 4. The third-order valence-corrected chi connectivity index (χ3v) is 4.30. The number of fused-ring (bicyclic) bond motifs is 1. The molecule has 0 amide bonds. The highest BCUT2D eigenvalue weighted by atomic mass is 32.2. The Morgan fingerprint density at radius 2 is 2.29 bits per heavy atom. The maximum atomic E-state index is 5.65. The Bertz CT molecular complexity index is 447. The predicted molar refractivity (Wildman–Crippen MR) is 71.7 cm³/mol. The van der Waals surface area contributed by atoms with Gasteiger partial charge in [-0.05, 0) is 12.0 Å². The molecule has 0 aliphatic carbocycles. The molecule has 0 aromatic heterocycles. The number of hydrogen-bond donors (Lipinski definition) is 1. The molecule has 0 saturated heterocycles. The first-order chi connectivity index (χ1) is 8.33. The van der Waals surface area contributed by atoms with E-state index in [2.05, 4.69) is 29.4 Å². The SMILES string of the molecule is CC1CN=C(NC2COc3ccccc32)SC1. The third kappa shape index (κ3) is 2.27. The third-order valence-electron chi connectivity index (χ3n) is 3.05. The molecule has 2 heterocycles. The highest BCUT2D eigenvalue weighted by molar-refractivity contribution is 8.13. The summed E-state index contributed by atoms with van der Waals surface area (Å²) in [4.78, 5) is 4.56. The Morgan fingerprint density at radius 1 is 1.41 bits per heavy atom. The summed E-state index contributed by atoms with van der Waals surface area (Å²) in [6.45, 7) is 3.88. The van der Waals surface area contributed by atoms with Crippen LogP contribution in [0.2, 0.25) is 0 Å². The number of aliphatic imine (C=N–C) groups is 1. The summed E-state index contributed by atoms with van der Waals surface area (Å²) < 4.78 is 5.65. The molecule has 0 spiro atoms. The fraction of sp³-hybridized carbons (Fsp3) is 0.462. The van der Waals surface area contributed by atoms with Gasteiger partial charge in [-0.15, -0.1) is 0 Å². The molecule has 1 aromatic rings. The second kappa shape index (κ2) is 4.61. The van der Waals surface area contributed by atoms with Gasteiger partial charge in [0.2, 0.25) is 0 Å². The van der Waals surface area contributed by atoms with Crippen molar-refractivity contribution < 1.29 is 4.74 Å². The van der Waals surface area contributed by atoms with E-state index in [9.17, 15) is 0 Å². The Morgan fingerprint density at radius 3 is 3.12 bits per heavy atom. The van der Waals surface area contributed by atoms with Crippen molar-refractivity contribution in [2.45, 2.75) is 13.0 Å². The number of ether oxygens (including phenoxy) is 1. The zero-order chi connectivity index (χ0) is 11.7. The van der Waals surface area contributed by atoms with Crippen molar-refractivity contribution in [1.29, 1.82) is 0 Å². The molecule has 2 aliphatic heterocycles. The fourth-order valence-electron chi connectivity index (χ4n) is 2.08. The summed E-state index contributed by atoms with van der Waals surface area (Å²) in [6.07, 6.45) is 0. The number of rotatable bonds is 1. The Hall–Kier alpha value is -1.16. The number of benzene rings is 1. The van der Waals surface area contributed by atoms with E-state index < -0.39 is 0 Å². The van der Waals surface area contributed by atoms with E-state index in [1.165, 1.54) is 5.56 Å². The number of nitrogens with one attached hydrogen (secondary N) is 1. The van der Waals surface area contributed by atoms with E-state index >= 15 is 0 Å². The molecule has 4 heteroatoms. The molecule has 2 unspecified atom stereocenters. The summed E-state index contributed by atoms with van der Waals surface area (Å²) in [7, 11) is 0. The van der Waals surface area contributed by atoms with Crippen LogP contribution in [0.15, 0.2) is 29.3 Å². The van der Waals surface area contributed by atoms with Gasteiger partial charge in [-0.3, -0.25) is 4.99 Å².